The maximum Gasteiger partial charge on any atom is 0.282 e. The molecule has 1 aliphatic heterocycles. The maximum absolute atomic E-state index is 12.7. The number of amides is 1. The third-order valence-electron chi connectivity index (χ3n) is 5.40. The maximum atomic E-state index is 12.7. The second kappa shape index (κ2) is 8.43. The Balaban J connectivity index is 1.61. The van der Waals surface area contributed by atoms with E-state index in [0.29, 0.717) is 31.1 Å². The molecule has 3 rings (SSSR count). The number of hydrogen-bond acceptors (Lipinski definition) is 3. The minimum Gasteiger partial charge on any atom is -0.323 e. The second-order valence-corrected chi connectivity index (χ2v) is 9.34. The Morgan fingerprint density at radius 3 is 2.36 bits per heavy atom. The Hall–Kier alpha value is -2.22. The molecule has 1 amide bonds. The van der Waals surface area contributed by atoms with Crippen LogP contribution in [-0.4, -0.2) is 50.9 Å². The van der Waals surface area contributed by atoms with Gasteiger partial charge in [-0.3, -0.25) is 4.79 Å². The van der Waals surface area contributed by atoms with Gasteiger partial charge in [-0.25, -0.2) is 8.42 Å². The van der Waals surface area contributed by atoms with Crippen molar-refractivity contribution in [3.8, 4) is 0 Å². The van der Waals surface area contributed by atoms with E-state index in [0.717, 1.165) is 21.7 Å². The van der Waals surface area contributed by atoms with Crippen LogP contribution in [0, 0.1) is 13.8 Å². The zero-order valence-electron chi connectivity index (χ0n) is 16.6. The average molecular weight is 403 g/mol. The fourth-order valence-electron chi connectivity index (χ4n) is 3.49. The number of piperazine rings is 1. The first-order valence-electron chi connectivity index (χ1n) is 9.57. The molecule has 0 radical (unpaired) electrons. The molecule has 2 aromatic rings. The van der Waals surface area contributed by atoms with Gasteiger partial charge in [0.25, 0.3) is 5.91 Å². The monoisotopic (exact) mass is 402 g/mol. The molecule has 1 fully saturated rings. The quantitative estimate of drug-likeness (QED) is 0.790. The van der Waals surface area contributed by atoms with E-state index >= 15 is 0 Å². The number of carbonyl (C=O) groups excluding carboxylic acids is 1. The summed E-state index contributed by atoms with van der Waals surface area (Å²) in [5.41, 5.74) is 2.96. The van der Waals surface area contributed by atoms with Crippen LogP contribution in [0.2, 0.25) is 0 Å². The molecule has 6 nitrogen and oxygen atoms in total. The SMILES string of the molecule is Cc1ccc(C)c(NC(=O)[C@@H](C)[NH+]2CCN(S(=O)(=O)c3ccccc3)CC2)c1. The fraction of sp³-hybridized carbons (Fsp3) is 0.381. The molecule has 0 bridgehead atoms. The molecule has 1 saturated heterocycles. The molecule has 1 aliphatic rings. The van der Waals surface area contributed by atoms with Crippen molar-refractivity contribution >= 4 is 21.6 Å². The molecule has 0 spiro atoms. The molecule has 2 aromatic carbocycles. The second-order valence-electron chi connectivity index (χ2n) is 7.40. The highest BCUT2D eigenvalue weighted by molar-refractivity contribution is 7.89. The number of nitrogens with one attached hydrogen (secondary N) is 2. The van der Waals surface area contributed by atoms with Gasteiger partial charge in [0.1, 0.15) is 0 Å². The molecule has 0 aromatic heterocycles. The minimum atomic E-state index is -3.47. The summed E-state index contributed by atoms with van der Waals surface area (Å²) in [7, 11) is -3.47. The molecule has 1 heterocycles. The Morgan fingerprint density at radius 2 is 1.71 bits per heavy atom. The van der Waals surface area contributed by atoms with Gasteiger partial charge in [0.05, 0.1) is 31.1 Å². The van der Waals surface area contributed by atoms with Gasteiger partial charge in [-0.2, -0.15) is 4.31 Å². The zero-order valence-corrected chi connectivity index (χ0v) is 17.4. The van der Waals surface area contributed by atoms with Gasteiger partial charge in [0.15, 0.2) is 6.04 Å². The lowest BCUT2D eigenvalue weighted by atomic mass is 10.1. The molecule has 0 aliphatic carbocycles. The van der Waals surface area contributed by atoms with Gasteiger partial charge in [0, 0.05) is 5.69 Å². The van der Waals surface area contributed by atoms with E-state index in [1.165, 1.54) is 4.31 Å². The summed E-state index contributed by atoms with van der Waals surface area (Å²) >= 11 is 0. The molecular formula is C21H28N3O3S+. The molecule has 0 saturated carbocycles. The molecule has 1 atom stereocenters. The van der Waals surface area contributed by atoms with Gasteiger partial charge < -0.3 is 10.2 Å². The van der Waals surface area contributed by atoms with Crippen LogP contribution >= 0.6 is 0 Å². The Morgan fingerprint density at radius 1 is 1.07 bits per heavy atom. The molecular weight excluding hydrogens is 374 g/mol. The summed E-state index contributed by atoms with van der Waals surface area (Å²) in [5, 5.41) is 3.02. The van der Waals surface area contributed by atoms with E-state index in [2.05, 4.69) is 5.32 Å². The molecule has 2 N–H and O–H groups in total. The van der Waals surface area contributed by atoms with E-state index in [4.69, 9.17) is 0 Å². The van der Waals surface area contributed by atoms with Crippen LogP contribution in [0.3, 0.4) is 0 Å². The van der Waals surface area contributed by atoms with Gasteiger partial charge in [-0.1, -0.05) is 30.3 Å². The number of anilines is 1. The molecule has 150 valence electrons. The first kappa shape index (κ1) is 20.5. The van der Waals surface area contributed by atoms with Crippen molar-refractivity contribution in [1.82, 2.24) is 4.31 Å². The topological polar surface area (TPSA) is 70.9 Å². The zero-order chi connectivity index (χ0) is 20.3. The summed E-state index contributed by atoms with van der Waals surface area (Å²) in [6.45, 7) is 7.90. The van der Waals surface area contributed by atoms with Crippen molar-refractivity contribution in [3.05, 3.63) is 59.7 Å². The van der Waals surface area contributed by atoms with Gasteiger partial charge in [0.2, 0.25) is 10.0 Å². The van der Waals surface area contributed by atoms with Crippen LogP contribution in [-0.2, 0) is 14.8 Å². The van der Waals surface area contributed by atoms with E-state index < -0.39 is 10.0 Å². The van der Waals surface area contributed by atoms with E-state index in [-0.39, 0.29) is 11.9 Å². The number of rotatable bonds is 5. The lowest BCUT2D eigenvalue weighted by Gasteiger charge is -2.34. The van der Waals surface area contributed by atoms with Crippen LogP contribution in [0.15, 0.2) is 53.4 Å². The van der Waals surface area contributed by atoms with Crippen molar-refractivity contribution in [1.29, 1.82) is 0 Å². The first-order valence-corrected chi connectivity index (χ1v) is 11.0. The highest BCUT2D eigenvalue weighted by Crippen LogP contribution is 2.17. The van der Waals surface area contributed by atoms with E-state index in [1.54, 1.807) is 30.3 Å². The predicted octanol–water partition coefficient (Wildman–Crippen LogP) is 1.22. The summed E-state index contributed by atoms with van der Waals surface area (Å²) in [6.07, 6.45) is 0. The Kier molecular flexibility index (Phi) is 6.17. The van der Waals surface area contributed by atoms with Crippen molar-refractivity contribution < 1.29 is 18.1 Å². The van der Waals surface area contributed by atoms with Crippen LogP contribution in [0.4, 0.5) is 5.69 Å². The molecule has 0 unspecified atom stereocenters. The van der Waals surface area contributed by atoms with Gasteiger partial charge >= 0.3 is 0 Å². The van der Waals surface area contributed by atoms with Gasteiger partial charge in [-0.05, 0) is 50.1 Å². The van der Waals surface area contributed by atoms with Crippen LogP contribution in [0.5, 0.6) is 0 Å². The largest absolute Gasteiger partial charge is 0.323 e. The summed E-state index contributed by atoms with van der Waals surface area (Å²) in [5.74, 6) is -0.0388. The van der Waals surface area contributed by atoms with Gasteiger partial charge in [-0.15, -0.1) is 0 Å². The highest BCUT2D eigenvalue weighted by Gasteiger charge is 2.34. The Labute approximate surface area is 167 Å². The van der Waals surface area contributed by atoms with Crippen LogP contribution in [0.25, 0.3) is 0 Å². The number of sulfonamides is 1. The first-order chi connectivity index (χ1) is 13.3. The van der Waals surface area contributed by atoms with Crippen molar-refractivity contribution in [2.24, 2.45) is 0 Å². The average Bonchev–Trinajstić information content (AvgIpc) is 2.71. The van der Waals surface area contributed by atoms with Crippen LogP contribution < -0.4 is 10.2 Å². The lowest BCUT2D eigenvalue weighted by Crippen LogP contribution is -3.19. The smallest absolute Gasteiger partial charge is 0.282 e. The number of hydrogen-bond donors (Lipinski definition) is 2. The van der Waals surface area contributed by atoms with Crippen molar-refractivity contribution in [2.75, 3.05) is 31.5 Å². The Bertz CT molecular complexity index is 937. The normalized spacial score (nSPS) is 17.2. The standard InChI is InChI=1S/C21H27N3O3S/c1-16-9-10-17(2)20(15-16)22-21(25)18(3)23-11-13-24(14-12-23)28(26,27)19-7-5-4-6-8-19/h4-10,15,18H,11-14H2,1-3H3,(H,22,25)/p+1/t18-/m1/s1. The van der Waals surface area contributed by atoms with Crippen LogP contribution in [0.1, 0.15) is 18.1 Å². The summed E-state index contributed by atoms with van der Waals surface area (Å²) < 4.78 is 27.0. The third kappa shape index (κ3) is 4.43. The highest BCUT2D eigenvalue weighted by atomic mass is 32.2. The van der Waals surface area contributed by atoms with E-state index in [1.807, 2.05) is 39.0 Å². The summed E-state index contributed by atoms with van der Waals surface area (Å²) in [6, 6.07) is 14.2. The minimum absolute atomic E-state index is 0.0388. The predicted molar refractivity (Wildman–Crippen MR) is 110 cm³/mol. The number of aryl methyl sites for hydroxylation is 2. The number of carbonyl (C=O) groups is 1. The number of quaternary nitrogens is 1. The number of nitrogens with zero attached hydrogens (tertiary/aromatic N) is 1. The van der Waals surface area contributed by atoms with Crippen molar-refractivity contribution in [3.63, 3.8) is 0 Å². The molecule has 7 heteroatoms. The lowest BCUT2D eigenvalue weighted by molar-refractivity contribution is -0.917. The third-order valence-corrected chi connectivity index (χ3v) is 7.32. The fourth-order valence-corrected chi connectivity index (χ4v) is 4.95. The molecule has 28 heavy (non-hydrogen) atoms. The van der Waals surface area contributed by atoms with Crippen molar-refractivity contribution in [2.45, 2.75) is 31.7 Å². The number of benzene rings is 2. The van der Waals surface area contributed by atoms with E-state index in [9.17, 15) is 13.2 Å². The summed E-state index contributed by atoms with van der Waals surface area (Å²) in [4.78, 5) is 14.1.